The second-order valence-corrected chi connectivity index (χ2v) is 9.80. The van der Waals surface area contributed by atoms with E-state index in [1.165, 1.54) is 12.2 Å². The zero-order valence-electron chi connectivity index (χ0n) is 23.4. The van der Waals surface area contributed by atoms with Gasteiger partial charge in [0.2, 0.25) is 0 Å². The molecule has 0 saturated heterocycles. The van der Waals surface area contributed by atoms with E-state index in [9.17, 15) is 14.4 Å². The summed E-state index contributed by atoms with van der Waals surface area (Å²) in [5.74, 6) is -1.80. The Morgan fingerprint density at radius 1 is 0.875 bits per heavy atom. The van der Waals surface area contributed by atoms with Crippen molar-refractivity contribution in [3.8, 4) is 11.3 Å². The Labute approximate surface area is 233 Å². The molecule has 0 saturated carbocycles. The number of allylic oxidation sites excluding steroid dienone is 2. The number of hydrogen-bond donors (Lipinski definition) is 1. The van der Waals surface area contributed by atoms with E-state index >= 15 is 0 Å². The van der Waals surface area contributed by atoms with Crippen LogP contribution in [0.4, 0.5) is 0 Å². The SMILES string of the molecule is C=CC(C)OC(=O)C1=C(C)NC(C)=C(C(=O)OC(C)C=C)C1c1cccc2c(=O)c(C)c(-c3ccccc3)oc12. The van der Waals surface area contributed by atoms with Gasteiger partial charge in [-0.1, -0.05) is 67.8 Å². The largest absolute Gasteiger partial charge is 0.455 e. The number of nitrogens with one attached hydrogen (secondary N) is 1. The van der Waals surface area contributed by atoms with Crippen LogP contribution in [-0.2, 0) is 19.1 Å². The van der Waals surface area contributed by atoms with E-state index in [1.54, 1.807) is 52.8 Å². The van der Waals surface area contributed by atoms with Gasteiger partial charge < -0.3 is 19.2 Å². The van der Waals surface area contributed by atoms with Crippen LogP contribution in [0.25, 0.3) is 22.3 Å². The third-order valence-corrected chi connectivity index (χ3v) is 6.97. The summed E-state index contributed by atoms with van der Waals surface area (Å²) >= 11 is 0. The van der Waals surface area contributed by atoms with Crippen LogP contribution in [0.15, 0.2) is 106 Å². The number of para-hydroxylation sites is 1. The molecular formula is C33H33NO6. The molecule has 206 valence electrons. The summed E-state index contributed by atoms with van der Waals surface area (Å²) < 4.78 is 17.7. The summed E-state index contributed by atoms with van der Waals surface area (Å²) in [7, 11) is 0. The fraction of sp³-hybridized carbons (Fsp3) is 0.242. The van der Waals surface area contributed by atoms with Crippen LogP contribution in [0.1, 0.15) is 44.7 Å². The second kappa shape index (κ2) is 11.6. The summed E-state index contributed by atoms with van der Waals surface area (Å²) in [6, 6.07) is 14.5. The summed E-state index contributed by atoms with van der Waals surface area (Å²) in [6.45, 7) is 16.0. The van der Waals surface area contributed by atoms with E-state index in [4.69, 9.17) is 13.9 Å². The lowest BCUT2D eigenvalue weighted by molar-refractivity contribution is -0.142. The van der Waals surface area contributed by atoms with Gasteiger partial charge in [-0.25, -0.2) is 9.59 Å². The molecule has 1 aliphatic rings. The molecule has 0 spiro atoms. The lowest BCUT2D eigenvalue weighted by Crippen LogP contribution is -2.34. The molecule has 1 aromatic heterocycles. The van der Waals surface area contributed by atoms with E-state index in [0.717, 1.165) is 5.56 Å². The van der Waals surface area contributed by atoms with Crippen molar-refractivity contribution in [2.24, 2.45) is 0 Å². The maximum absolute atomic E-state index is 13.6. The molecule has 0 fully saturated rings. The van der Waals surface area contributed by atoms with Crippen LogP contribution in [0, 0.1) is 6.92 Å². The van der Waals surface area contributed by atoms with Gasteiger partial charge in [0.15, 0.2) is 5.43 Å². The molecule has 1 N–H and O–H groups in total. The lowest BCUT2D eigenvalue weighted by atomic mass is 9.79. The highest BCUT2D eigenvalue weighted by Gasteiger charge is 2.40. The maximum Gasteiger partial charge on any atom is 0.337 e. The molecule has 2 aromatic carbocycles. The van der Waals surface area contributed by atoms with Gasteiger partial charge in [0.05, 0.1) is 22.5 Å². The first-order chi connectivity index (χ1) is 19.1. The molecule has 0 bridgehead atoms. The number of fused-ring (bicyclic) bond motifs is 1. The Morgan fingerprint density at radius 2 is 1.43 bits per heavy atom. The number of esters is 2. The Balaban J connectivity index is 2.04. The number of carbonyl (C=O) groups excluding carboxylic acids is 2. The van der Waals surface area contributed by atoms with Gasteiger partial charge in [-0.15, -0.1) is 0 Å². The number of ether oxygens (including phenoxy) is 2. The Morgan fingerprint density at radius 3 is 1.95 bits per heavy atom. The third-order valence-electron chi connectivity index (χ3n) is 6.97. The Bertz CT molecular complexity index is 1580. The lowest BCUT2D eigenvalue weighted by Gasteiger charge is -2.31. The number of rotatable bonds is 8. The molecule has 7 nitrogen and oxygen atoms in total. The summed E-state index contributed by atoms with van der Waals surface area (Å²) in [4.78, 5) is 40.8. The van der Waals surface area contributed by atoms with Crippen LogP contribution < -0.4 is 10.7 Å². The molecule has 2 atom stereocenters. The van der Waals surface area contributed by atoms with E-state index in [1.807, 2.05) is 30.3 Å². The van der Waals surface area contributed by atoms with Crippen molar-refractivity contribution in [1.82, 2.24) is 5.32 Å². The molecule has 2 unspecified atom stereocenters. The first-order valence-electron chi connectivity index (χ1n) is 13.1. The van der Waals surface area contributed by atoms with Gasteiger partial charge in [0.25, 0.3) is 0 Å². The molecular weight excluding hydrogens is 506 g/mol. The van der Waals surface area contributed by atoms with Crippen molar-refractivity contribution < 1.29 is 23.5 Å². The smallest absolute Gasteiger partial charge is 0.337 e. The van der Waals surface area contributed by atoms with E-state index < -0.39 is 30.1 Å². The minimum atomic E-state index is -0.950. The van der Waals surface area contributed by atoms with Crippen LogP contribution in [0.5, 0.6) is 0 Å². The summed E-state index contributed by atoms with van der Waals surface area (Å²) in [6.07, 6.45) is 1.86. The fourth-order valence-corrected chi connectivity index (χ4v) is 4.83. The maximum atomic E-state index is 13.6. The number of benzene rings is 2. The van der Waals surface area contributed by atoms with Crippen molar-refractivity contribution in [1.29, 1.82) is 0 Å². The zero-order valence-corrected chi connectivity index (χ0v) is 23.4. The minimum Gasteiger partial charge on any atom is -0.455 e. The van der Waals surface area contributed by atoms with Gasteiger partial charge >= 0.3 is 11.9 Å². The minimum absolute atomic E-state index is 0.203. The van der Waals surface area contributed by atoms with Crippen molar-refractivity contribution in [3.63, 3.8) is 0 Å². The highest BCUT2D eigenvalue weighted by molar-refractivity contribution is 6.01. The molecule has 2 heterocycles. The number of hydrogen-bond acceptors (Lipinski definition) is 7. The number of carbonyl (C=O) groups is 2. The van der Waals surface area contributed by atoms with Crippen molar-refractivity contribution in [2.75, 3.05) is 0 Å². The van der Waals surface area contributed by atoms with Crippen LogP contribution in [-0.4, -0.2) is 24.1 Å². The molecule has 1 aliphatic heterocycles. The average Bonchev–Trinajstić information content (AvgIpc) is 2.94. The third kappa shape index (κ3) is 5.27. The predicted molar refractivity (Wildman–Crippen MR) is 155 cm³/mol. The first-order valence-corrected chi connectivity index (χ1v) is 13.1. The average molecular weight is 540 g/mol. The summed E-state index contributed by atoms with van der Waals surface area (Å²) in [5, 5.41) is 3.48. The quantitative estimate of drug-likeness (QED) is 0.267. The van der Waals surface area contributed by atoms with Crippen molar-refractivity contribution >= 4 is 22.9 Å². The first kappa shape index (κ1) is 28.4. The fourth-order valence-electron chi connectivity index (χ4n) is 4.83. The van der Waals surface area contributed by atoms with Gasteiger partial charge in [0.1, 0.15) is 23.6 Å². The van der Waals surface area contributed by atoms with Gasteiger partial charge in [-0.05, 0) is 40.7 Å². The summed E-state index contributed by atoms with van der Waals surface area (Å²) in [5.41, 5.74) is 3.14. The van der Waals surface area contributed by atoms with Gasteiger partial charge in [0, 0.05) is 28.1 Å². The molecule has 40 heavy (non-hydrogen) atoms. The second-order valence-electron chi connectivity index (χ2n) is 9.80. The Hall–Kier alpha value is -4.65. The highest BCUT2D eigenvalue weighted by Crippen LogP contribution is 2.42. The van der Waals surface area contributed by atoms with Crippen LogP contribution in [0.2, 0.25) is 0 Å². The number of dihydropyridines is 1. The van der Waals surface area contributed by atoms with Crippen molar-refractivity contribution in [3.05, 3.63) is 118 Å². The van der Waals surface area contributed by atoms with Crippen LogP contribution in [0.3, 0.4) is 0 Å². The Kier molecular flexibility index (Phi) is 8.24. The monoisotopic (exact) mass is 539 g/mol. The molecule has 0 amide bonds. The van der Waals surface area contributed by atoms with E-state index in [-0.39, 0.29) is 22.2 Å². The molecule has 3 aromatic rings. The molecule has 0 radical (unpaired) electrons. The topological polar surface area (TPSA) is 94.8 Å². The standard InChI is InChI=1S/C33H33NO6/c1-8-18(3)38-32(36)26-21(6)34-22(7)27(33(37)39-19(4)9-2)28(26)24-16-13-17-25-29(35)20(5)30(40-31(24)25)23-14-11-10-12-15-23/h8-19,28,34H,1-2H2,3-7H3. The predicted octanol–water partition coefficient (Wildman–Crippen LogP) is 6.24. The van der Waals surface area contributed by atoms with E-state index in [2.05, 4.69) is 18.5 Å². The normalized spacial score (nSPS) is 16.7. The van der Waals surface area contributed by atoms with E-state index in [0.29, 0.717) is 33.7 Å². The molecule has 0 aliphatic carbocycles. The van der Waals surface area contributed by atoms with Gasteiger partial charge in [-0.2, -0.15) is 0 Å². The molecule has 7 heteroatoms. The van der Waals surface area contributed by atoms with Crippen LogP contribution >= 0.6 is 0 Å². The van der Waals surface area contributed by atoms with Gasteiger partial charge in [-0.3, -0.25) is 4.79 Å². The van der Waals surface area contributed by atoms with Crippen molar-refractivity contribution in [2.45, 2.75) is 52.7 Å². The highest BCUT2D eigenvalue weighted by atomic mass is 16.5. The zero-order chi connectivity index (χ0) is 29.1. The molecule has 4 rings (SSSR count).